The van der Waals surface area contributed by atoms with Gasteiger partial charge in [-0.1, -0.05) is 6.07 Å². The van der Waals surface area contributed by atoms with Gasteiger partial charge in [0.05, 0.1) is 19.9 Å². The van der Waals surface area contributed by atoms with Gasteiger partial charge in [-0.25, -0.2) is 8.42 Å². The summed E-state index contributed by atoms with van der Waals surface area (Å²) in [5.41, 5.74) is 0.409. The summed E-state index contributed by atoms with van der Waals surface area (Å²) in [7, 11) is -0.764. The van der Waals surface area contributed by atoms with Crippen molar-refractivity contribution in [1.82, 2.24) is 4.72 Å². The third-order valence-corrected chi connectivity index (χ3v) is 7.16. The smallest absolute Gasteiger partial charge is 0.250 e. The number of thioether (sulfide) groups is 1. The van der Waals surface area contributed by atoms with Crippen LogP contribution < -0.4 is 19.5 Å². The monoisotopic (exact) mass is 430 g/mol. The number of nitrogens with one attached hydrogen (secondary N) is 2. The Bertz CT molecular complexity index is 853. The Kier molecular flexibility index (Phi) is 7.96. The highest BCUT2D eigenvalue weighted by atomic mass is 32.2. The van der Waals surface area contributed by atoms with Gasteiger partial charge in [-0.2, -0.15) is 16.5 Å². The maximum atomic E-state index is 12.8. The van der Waals surface area contributed by atoms with Gasteiger partial charge >= 0.3 is 0 Å². The second-order valence-electron chi connectivity index (χ2n) is 5.44. The van der Waals surface area contributed by atoms with Crippen molar-refractivity contribution in [2.75, 3.05) is 31.5 Å². The van der Waals surface area contributed by atoms with Crippen LogP contribution >= 0.6 is 23.1 Å². The predicted molar refractivity (Wildman–Crippen MR) is 110 cm³/mol. The number of anilines is 1. The molecule has 0 aliphatic rings. The molecule has 0 aliphatic heterocycles. The first-order valence-corrected chi connectivity index (χ1v) is 11.7. The van der Waals surface area contributed by atoms with E-state index in [4.69, 9.17) is 9.47 Å². The molecule has 0 fully saturated rings. The highest BCUT2D eigenvalue weighted by Gasteiger charge is 2.26. The van der Waals surface area contributed by atoms with Crippen LogP contribution in [-0.4, -0.2) is 46.6 Å². The van der Waals surface area contributed by atoms with Gasteiger partial charge in [0.2, 0.25) is 5.91 Å². The van der Waals surface area contributed by atoms with Crippen LogP contribution in [0.4, 0.5) is 5.69 Å². The Morgan fingerprint density at radius 3 is 2.63 bits per heavy atom. The minimum Gasteiger partial charge on any atom is -0.497 e. The van der Waals surface area contributed by atoms with E-state index >= 15 is 0 Å². The largest absolute Gasteiger partial charge is 0.497 e. The lowest BCUT2D eigenvalue weighted by Crippen LogP contribution is -2.44. The van der Waals surface area contributed by atoms with Gasteiger partial charge in [-0.3, -0.25) is 4.79 Å². The SMILES string of the molecule is COc1ccc(OC)c(NC(=O)[C@H](CCSC)NS(=O)(=O)c2cccs2)c1. The van der Waals surface area contributed by atoms with E-state index in [1.165, 1.54) is 32.0 Å². The Labute approximate surface area is 167 Å². The lowest BCUT2D eigenvalue weighted by molar-refractivity contribution is -0.117. The van der Waals surface area contributed by atoms with Crippen molar-refractivity contribution in [2.24, 2.45) is 0 Å². The fraction of sp³-hybridized carbons (Fsp3) is 0.353. The van der Waals surface area contributed by atoms with Gasteiger partial charge in [0.15, 0.2) is 0 Å². The van der Waals surface area contributed by atoms with E-state index in [0.29, 0.717) is 29.4 Å². The zero-order valence-electron chi connectivity index (χ0n) is 15.2. The first-order valence-electron chi connectivity index (χ1n) is 7.99. The molecule has 7 nitrogen and oxygen atoms in total. The molecule has 1 aromatic heterocycles. The van der Waals surface area contributed by atoms with Gasteiger partial charge < -0.3 is 14.8 Å². The molecule has 0 unspecified atom stereocenters. The fourth-order valence-electron chi connectivity index (χ4n) is 2.27. The van der Waals surface area contributed by atoms with Crippen LogP contribution in [0.3, 0.4) is 0 Å². The van der Waals surface area contributed by atoms with Gasteiger partial charge in [-0.15, -0.1) is 11.3 Å². The molecule has 2 N–H and O–H groups in total. The van der Waals surface area contributed by atoms with Gasteiger partial charge in [0, 0.05) is 6.07 Å². The lowest BCUT2D eigenvalue weighted by atomic mass is 10.2. The van der Waals surface area contributed by atoms with Crippen molar-refractivity contribution >= 4 is 44.7 Å². The van der Waals surface area contributed by atoms with Crippen LogP contribution in [0.25, 0.3) is 0 Å². The molecule has 1 atom stereocenters. The first-order chi connectivity index (χ1) is 12.9. The molecule has 1 amide bonds. The van der Waals surface area contributed by atoms with Crippen LogP contribution in [0.2, 0.25) is 0 Å². The van der Waals surface area contributed by atoms with E-state index in [1.807, 2.05) is 6.26 Å². The van der Waals surface area contributed by atoms with Crippen LogP contribution in [-0.2, 0) is 14.8 Å². The van der Waals surface area contributed by atoms with Crippen LogP contribution in [0.15, 0.2) is 39.9 Å². The van der Waals surface area contributed by atoms with Crippen LogP contribution in [0, 0.1) is 0 Å². The van der Waals surface area contributed by atoms with Crippen LogP contribution in [0.1, 0.15) is 6.42 Å². The second-order valence-corrected chi connectivity index (χ2v) is 9.32. The number of hydrogen-bond donors (Lipinski definition) is 2. The third-order valence-electron chi connectivity index (χ3n) is 3.65. The average molecular weight is 431 g/mol. The summed E-state index contributed by atoms with van der Waals surface area (Å²) in [6.45, 7) is 0. The molecule has 0 radical (unpaired) electrons. The van der Waals surface area contributed by atoms with Gasteiger partial charge in [0.1, 0.15) is 21.8 Å². The van der Waals surface area contributed by atoms with Crippen molar-refractivity contribution in [2.45, 2.75) is 16.7 Å². The summed E-state index contributed by atoms with van der Waals surface area (Å²) in [5, 5.41) is 4.41. The highest BCUT2D eigenvalue weighted by Crippen LogP contribution is 2.29. The van der Waals surface area contributed by atoms with E-state index in [0.717, 1.165) is 11.3 Å². The number of carbonyl (C=O) groups is 1. The molecule has 0 aliphatic carbocycles. The lowest BCUT2D eigenvalue weighted by Gasteiger charge is -2.19. The van der Waals surface area contributed by atoms with E-state index in [1.54, 1.807) is 29.6 Å². The zero-order valence-corrected chi connectivity index (χ0v) is 17.7. The quantitative estimate of drug-likeness (QED) is 0.602. The van der Waals surface area contributed by atoms with Crippen LogP contribution in [0.5, 0.6) is 11.5 Å². The summed E-state index contributed by atoms with van der Waals surface area (Å²) >= 11 is 2.63. The normalized spacial score (nSPS) is 12.4. The van der Waals surface area contributed by atoms with Crippen molar-refractivity contribution in [1.29, 1.82) is 0 Å². The van der Waals surface area contributed by atoms with Gasteiger partial charge in [0.25, 0.3) is 10.0 Å². The Morgan fingerprint density at radius 1 is 1.26 bits per heavy atom. The molecule has 0 saturated carbocycles. The topological polar surface area (TPSA) is 93.7 Å². The maximum absolute atomic E-state index is 12.8. The molecule has 27 heavy (non-hydrogen) atoms. The molecule has 2 rings (SSSR count). The number of ether oxygens (including phenoxy) is 2. The van der Waals surface area contributed by atoms with Crippen molar-refractivity contribution < 1.29 is 22.7 Å². The summed E-state index contributed by atoms with van der Waals surface area (Å²) < 4.78 is 38.1. The minimum absolute atomic E-state index is 0.170. The van der Waals surface area contributed by atoms with E-state index < -0.39 is 22.0 Å². The summed E-state index contributed by atoms with van der Waals surface area (Å²) in [6.07, 6.45) is 2.25. The predicted octanol–water partition coefficient (Wildman–Crippen LogP) is 2.80. The van der Waals surface area contributed by atoms with Crippen molar-refractivity contribution in [3.05, 3.63) is 35.7 Å². The Balaban J connectivity index is 2.22. The number of rotatable bonds is 10. The molecule has 0 saturated heterocycles. The van der Waals surface area contributed by atoms with Crippen molar-refractivity contribution in [3.8, 4) is 11.5 Å². The summed E-state index contributed by atoms with van der Waals surface area (Å²) in [6, 6.07) is 7.23. The number of amides is 1. The molecule has 10 heteroatoms. The fourth-order valence-corrected chi connectivity index (χ4v) is 4.98. The number of hydrogen-bond acceptors (Lipinski definition) is 7. The Hall–Kier alpha value is -1.75. The second kappa shape index (κ2) is 9.98. The molecule has 2 aromatic rings. The highest BCUT2D eigenvalue weighted by molar-refractivity contribution is 7.98. The number of sulfonamides is 1. The standard InChI is InChI=1S/C17H22N2O5S3/c1-23-12-6-7-15(24-2)14(11-12)18-17(20)13(8-10-25-3)19-27(21,22)16-5-4-9-26-16/h4-7,9,11,13,19H,8,10H2,1-3H3,(H,18,20)/t13-/m0/s1. The molecular formula is C17H22N2O5S3. The molecular weight excluding hydrogens is 408 g/mol. The molecule has 148 valence electrons. The number of benzene rings is 1. The third kappa shape index (κ3) is 5.86. The summed E-state index contributed by atoms with van der Waals surface area (Å²) in [5.74, 6) is 1.16. The number of thiophene rings is 1. The molecule has 0 spiro atoms. The molecule has 0 bridgehead atoms. The molecule has 1 aromatic carbocycles. The van der Waals surface area contributed by atoms with E-state index in [2.05, 4.69) is 10.0 Å². The van der Waals surface area contributed by atoms with E-state index in [9.17, 15) is 13.2 Å². The van der Waals surface area contributed by atoms with Gasteiger partial charge in [-0.05, 0) is 42.0 Å². The average Bonchev–Trinajstić information content (AvgIpc) is 3.20. The number of methoxy groups -OCH3 is 2. The summed E-state index contributed by atoms with van der Waals surface area (Å²) in [4.78, 5) is 12.8. The first kappa shape index (κ1) is 21.5. The zero-order chi connectivity index (χ0) is 19.9. The van der Waals surface area contributed by atoms with E-state index in [-0.39, 0.29) is 4.21 Å². The number of carbonyl (C=O) groups excluding carboxylic acids is 1. The molecule has 1 heterocycles. The van der Waals surface area contributed by atoms with Crippen molar-refractivity contribution in [3.63, 3.8) is 0 Å². The Morgan fingerprint density at radius 2 is 2.04 bits per heavy atom. The maximum Gasteiger partial charge on any atom is 0.250 e. The minimum atomic E-state index is -3.77.